The SMILES string of the molecule is CCNC(c1ccoc1)c1cc(C)nc(C)c1. The fourth-order valence-corrected chi connectivity index (χ4v) is 2.10. The van der Waals surface area contributed by atoms with E-state index in [1.807, 2.05) is 19.9 Å². The van der Waals surface area contributed by atoms with Crippen molar-refractivity contribution in [1.29, 1.82) is 0 Å². The second-order valence-electron chi connectivity index (χ2n) is 4.23. The van der Waals surface area contributed by atoms with E-state index in [1.54, 1.807) is 12.5 Å². The second-order valence-corrected chi connectivity index (χ2v) is 4.23. The number of aryl methyl sites for hydroxylation is 2. The first kappa shape index (κ1) is 11.9. The molecular weight excluding hydrogens is 212 g/mol. The van der Waals surface area contributed by atoms with Crippen LogP contribution in [0.3, 0.4) is 0 Å². The molecule has 3 heteroatoms. The lowest BCUT2D eigenvalue weighted by Crippen LogP contribution is -2.21. The number of pyridine rings is 1. The first-order chi connectivity index (χ1) is 8.20. The summed E-state index contributed by atoms with van der Waals surface area (Å²) in [4.78, 5) is 4.41. The zero-order chi connectivity index (χ0) is 12.3. The van der Waals surface area contributed by atoms with Gasteiger partial charge < -0.3 is 9.73 Å². The molecule has 0 aliphatic carbocycles. The molecule has 0 bridgehead atoms. The van der Waals surface area contributed by atoms with Gasteiger partial charge in [-0.05, 0) is 44.2 Å². The van der Waals surface area contributed by atoms with Gasteiger partial charge in [0.1, 0.15) is 0 Å². The molecule has 0 spiro atoms. The average Bonchev–Trinajstić information content (AvgIpc) is 2.77. The van der Waals surface area contributed by atoms with Crippen molar-refractivity contribution in [3.05, 3.63) is 53.2 Å². The number of hydrogen-bond acceptors (Lipinski definition) is 3. The summed E-state index contributed by atoms with van der Waals surface area (Å²) in [5.41, 5.74) is 4.48. The Morgan fingerprint density at radius 3 is 2.47 bits per heavy atom. The van der Waals surface area contributed by atoms with Gasteiger partial charge in [0.25, 0.3) is 0 Å². The Bertz CT molecular complexity index is 457. The van der Waals surface area contributed by atoms with Crippen LogP contribution in [0.4, 0.5) is 0 Å². The lowest BCUT2D eigenvalue weighted by molar-refractivity contribution is 0.552. The fourth-order valence-electron chi connectivity index (χ4n) is 2.10. The van der Waals surface area contributed by atoms with E-state index in [9.17, 15) is 0 Å². The second kappa shape index (κ2) is 5.15. The van der Waals surface area contributed by atoms with Crippen LogP contribution in [0.2, 0.25) is 0 Å². The lowest BCUT2D eigenvalue weighted by Gasteiger charge is -2.17. The predicted molar refractivity (Wildman–Crippen MR) is 67.9 cm³/mol. The average molecular weight is 230 g/mol. The number of furan rings is 1. The monoisotopic (exact) mass is 230 g/mol. The Hall–Kier alpha value is -1.61. The van der Waals surface area contributed by atoms with Gasteiger partial charge in [0, 0.05) is 17.0 Å². The maximum Gasteiger partial charge on any atom is 0.0953 e. The van der Waals surface area contributed by atoms with Crippen molar-refractivity contribution in [3.63, 3.8) is 0 Å². The molecule has 0 radical (unpaired) electrons. The van der Waals surface area contributed by atoms with Crippen LogP contribution in [0.15, 0.2) is 35.1 Å². The van der Waals surface area contributed by atoms with E-state index in [0.717, 1.165) is 23.5 Å². The van der Waals surface area contributed by atoms with Gasteiger partial charge in [0.2, 0.25) is 0 Å². The maximum absolute atomic E-state index is 5.17. The molecular formula is C14H18N2O. The van der Waals surface area contributed by atoms with Crippen LogP contribution in [0.25, 0.3) is 0 Å². The zero-order valence-electron chi connectivity index (χ0n) is 10.5. The van der Waals surface area contributed by atoms with Crippen molar-refractivity contribution in [1.82, 2.24) is 10.3 Å². The summed E-state index contributed by atoms with van der Waals surface area (Å²) in [5.74, 6) is 0. The van der Waals surface area contributed by atoms with Gasteiger partial charge in [-0.2, -0.15) is 0 Å². The van der Waals surface area contributed by atoms with E-state index in [4.69, 9.17) is 4.42 Å². The van der Waals surface area contributed by atoms with Crippen LogP contribution in [0, 0.1) is 13.8 Å². The summed E-state index contributed by atoms with van der Waals surface area (Å²) in [5, 5.41) is 3.47. The van der Waals surface area contributed by atoms with Crippen molar-refractivity contribution in [2.24, 2.45) is 0 Å². The van der Waals surface area contributed by atoms with Crippen molar-refractivity contribution >= 4 is 0 Å². The third-order valence-corrected chi connectivity index (χ3v) is 2.72. The van der Waals surface area contributed by atoms with E-state index >= 15 is 0 Å². The largest absolute Gasteiger partial charge is 0.472 e. The van der Waals surface area contributed by atoms with Gasteiger partial charge in [-0.25, -0.2) is 0 Å². The van der Waals surface area contributed by atoms with Crippen LogP contribution < -0.4 is 5.32 Å². The highest BCUT2D eigenvalue weighted by molar-refractivity contribution is 5.31. The Balaban J connectivity index is 2.38. The number of rotatable bonds is 4. The number of nitrogens with zero attached hydrogens (tertiary/aromatic N) is 1. The Labute approximate surface area is 102 Å². The molecule has 0 aliphatic heterocycles. The summed E-state index contributed by atoms with van der Waals surface area (Å²) in [6.07, 6.45) is 3.50. The Morgan fingerprint density at radius 1 is 1.24 bits per heavy atom. The molecule has 0 saturated carbocycles. The number of nitrogens with one attached hydrogen (secondary N) is 1. The highest BCUT2D eigenvalue weighted by atomic mass is 16.3. The maximum atomic E-state index is 5.17. The smallest absolute Gasteiger partial charge is 0.0953 e. The molecule has 0 aliphatic rings. The molecule has 2 rings (SSSR count). The molecule has 2 aromatic rings. The van der Waals surface area contributed by atoms with Crippen LogP contribution in [-0.4, -0.2) is 11.5 Å². The summed E-state index contributed by atoms with van der Waals surface area (Å²) in [6, 6.07) is 6.41. The van der Waals surface area contributed by atoms with Gasteiger partial charge in [0.15, 0.2) is 0 Å². The van der Waals surface area contributed by atoms with Crippen LogP contribution in [-0.2, 0) is 0 Å². The minimum atomic E-state index is 0.180. The predicted octanol–water partition coefficient (Wildman–Crippen LogP) is 2.99. The van der Waals surface area contributed by atoms with E-state index in [2.05, 4.69) is 29.4 Å². The first-order valence-corrected chi connectivity index (χ1v) is 5.91. The van der Waals surface area contributed by atoms with E-state index < -0.39 is 0 Å². The van der Waals surface area contributed by atoms with Gasteiger partial charge in [-0.15, -0.1) is 0 Å². The highest BCUT2D eigenvalue weighted by Gasteiger charge is 2.14. The molecule has 90 valence electrons. The fraction of sp³-hybridized carbons (Fsp3) is 0.357. The van der Waals surface area contributed by atoms with Crippen molar-refractivity contribution in [2.75, 3.05) is 6.54 Å². The van der Waals surface area contributed by atoms with Gasteiger partial charge >= 0.3 is 0 Å². The van der Waals surface area contributed by atoms with Gasteiger partial charge in [0.05, 0.1) is 18.6 Å². The van der Waals surface area contributed by atoms with E-state index in [0.29, 0.717) is 0 Å². The van der Waals surface area contributed by atoms with Gasteiger partial charge in [-0.1, -0.05) is 6.92 Å². The topological polar surface area (TPSA) is 38.1 Å². The molecule has 0 amide bonds. The van der Waals surface area contributed by atoms with Crippen molar-refractivity contribution in [3.8, 4) is 0 Å². The van der Waals surface area contributed by atoms with Crippen LogP contribution in [0.5, 0.6) is 0 Å². The molecule has 0 fully saturated rings. The lowest BCUT2D eigenvalue weighted by atomic mass is 10.0. The molecule has 1 atom stereocenters. The molecule has 1 unspecified atom stereocenters. The summed E-state index contributed by atoms with van der Waals surface area (Å²) in [7, 11) is 0. The Kier molecular flexibility index (Phi) is 3.59. The minimum absolute atomic E-state index is 0.180. The van der Waals surface area contributed by atoms with Crippen LogP contribution in [0.1, 0.15) is 35.5 Å². The number of hydrogen-bond donors (Lipinski definition) is 1. The van der Waals surface area contributed by atoms with E-state index in [1.165, 1.54) is 5.56 Å². The van der Waals surface area contributed by atoms with Crippen molar-refractivity contribution < 1.29 is 4.42 Å². The van der Waals surface area contributed by atoms with E-state index in [-0.39, 0.29) is 6.04 Å². The van der Waals surface area contributed by atoms with Crippen molar-refractivity contribution in [2.45, 2.75) is 26.8 Å². The first-order valence-electron chi connectivity index (χ1n) is 5.91. The third-order valence-electron chi connectivity index (χ3n) is 2.72. The summed E-state index contributed by atoms with van der Waals surface area (Å²) < 4.78 is 5.17. The quantitative estimate of drug-likeness (QED) is 0.877. The van der Waals surface area contributed by atoms with Crippen LogP contribution >= 0.6 is 0 Å². The normalized spacial score (nSPS) is 12.6. The molecule has 0 aromatic carbocycles. The molecule has 2 aromatic heterocycles. The summed E-state index contributed by atoms with van der Waals surface area (Å²) in [6.45, 7) is 7.06. The molecule has 3 nitrogen and oxygen atoms in total. The standard InChI is InChI=1S/C14H18N2O/c1-4-15-14(12-5-6-17-9-12)13-7-10(2)16-11(3)8-13/h5-9,14-15H,4H2,1-3H3. The zero-order valence-corrected chi connectivity index (χ0v) is 10.5. The molecule has 17 heavy (non-hydrogen) atoms. The van der Waals surface area contributed by atoms with Gasteiger partial charge in [-0.3, -0.25) is 4.98 Å². The highest BCUT2D eigenvalue weighted by Crippen LogP contribution is 2.23. The number of aromatic nitrogens is 1. The summed E-state index contributed by atoms with van der Waals surface area (Å²) >= 11 is 0. The Morgan fingerprint density at radius 2 is 1.94 bits per heavy atom. The minimum Gasteiger partial charge on any atom is -0.472 e. The third kappa shape index (κ3) is 2.74. The molecule has 0 saturated heterocycles. The molecule has 1 N–H and O–H groups in total. The molecule has 2 heterocycles.